The third-order valence-corrected chi connectivity index (χ3v) is 1.40. The van der Waals surface area contributed by atoms with Crippen LogP contribution in [0.3, 0.4) is 0 Å². The normalized spacial score (nSPS) is 12.7. The summed E-state index contributed by atoms with van der Waals surface area (Å²) in [6, 6.07) is -0.683. The number of hydrogen-bond donors (Lipinski definition) is 3. The van der Waals surface area contributed by atoms with Crippen LogP contribution in [0.25, 0.3) is 0 Å². The Labute approximate surface area is 78.6 Å². The second-order valence-corrected chi connectivity index (χ2v) is 4.07. The summed E-state index contributed by atoms with van der Waals surface area (Å²) in [6.07, 6.45) is 0.911. The third-order valence-electron chi connectivity index (χ3n) is 1.40. The van der Waals surface area contributed by atoms with E-state index in [1.165, 1.54) is 0 Å². The highest BCUT2D eigenvalue weighted by atomic mass is 16.2. The number of nitrogens with two attached hydrogens (primary N) is 2. The Morgan fingerprint density at radius 3 is 2.31 bits per heavy atom. The minimum Gasteiger partial charge on any atom is -0.370 e. The number of nitrogens with zero attached hydrogens (tertiary/aromatic N) is 1. The van der Waals surface area contributed by atoms with Crippen LogP contribution < -0.4 is 16.8 Å². The predicted molar refractivity (Wildman–Crippen MR) is 53.3 cm³/mol. The Balaban J connectivity index is 3.78. The molecule has 13 heavy (non-hydrogen) atoms. The lowest BCUT2D eigenvalue weighted by Gasteiger charge is -2.15. The lowest BCUT2D eigenvalue weighted by Crippen LogP contribution is -2.40. The van der Waals surface area contributed by atoms with Gasteiger partial charge in [0.2, 0.25) is 0 Å². The van der Waals surface area contributed by atoms with Crippen LogP contribution >= 0.6 is 0 Å². The van der Waals surface area contributed by atoms with Gasteiger partial charge in [0.05, 0.1) is 0 Å². The molecule has 2 amide bonds. The quantitative estimate of drug-likeness (QED) is 0.430. The van der Waals surface area contributed by atoms with Gasteiger partial charge in [-0.15, -0.1) is 0 Å². The summed E-state index contributed by atoms with van der Waals surface area (Å²) in [5.41, 5.74) is 10.4. The number of urea groups is 1. The third kappa shape index (κ3) is 8.65. The number of nitrogens with one attached hydrogen (secondary N) is 1. The van der Waals surface area contributed by atoms with E-state index >= 15 is 0 Å². The largest absolute Gasteiger partial charge is 0.370 e. The molecular weight excluding hydrogens is 168 g/mol. The van der Waals surface area contributed by atoms with E-state index in [4.69, 9.17) is 11.5 Å². The number of carbonyl (C=O) groups excluding carboxylic acids is 1. The Morgan fingerprint density at radius 1 is 1.38 bits per heavy atom. The van der Waals surface area contributed by atoms with Gasteiger partial charge in [0.1, 0.15) is 0 Å². The molecule has 0 saturated carbocycles. The van der Waals surface area contributed by atoms with Gasteiger partial charge in [-0.3, -0.25) is 10.3 Å². The molecule has 76 valence electrons. The summed E-state index contributed by atoms with van der Waals surface area (Å²) in [5, 5.41) is 2.20. The Hall–Kier alpha value is -1.26. The van der Waals surface area contributed by atoms with Crippen LogP contribution in [0.2, 0.25) is 0 Å². The summed E-state index contributed by atoms with van der Waals surface area (Å²) in [4.78, 5) is 14.3. The SMILES string of the molecule is CC(C)(C)CCN=C(N)NC(N)=O. The van der Waals surface area contributed by atoms with E-state index in [1.54, 1.807) is 0 Å². The fourth-order valence-electron chi connectivity index (χ4n) is 0.678. The van der Waals surface area contributed by atoms with Crippen LogP contribution in [0.15, 0.2) is 4.99 Å². The van der Waals surface area contributed by atoms with Crippen molar-refractivity contribution >= 4 is 12.0 Å². The van der Waals surface area contributed by atoms with Crippen molar-refractivity contribution in [2.45, 2.75) is 27.2 Å². The van der Waals surface area contributed by atoms with Gasteiger partial charge in [-0.1, -0.05) is 20.8 Å². The van der Waals surface area contributed by atoms with Crippen LogP contribution in [0.5, 0.6) is 0 Å². The average Bonchev–Trinajstić information content (AvgIpc) is 1.81. The van der Waals surface area contributed by atoms with Crippen molar-refractivity contribution in [3.8, 4) is 0 Å². The topological polar surface area (TPSA) is 93.5 Å². The Morgan fingerprint density at radius 2 is 1.92 bits per heavy atom. The monoisotopic (exact) mass is 186 g/mol. The van der Waals surface area contributed by atoms with E-state index in [2.05, 4.69) is 31.1 Å². The number of rotatable bonds is 2. The van der Waals surface area contributed by atoms with E-state index in [-0.39, 0.29) is 11.4 Å². The van der Waals surface area contributed by atoms with Gasteiger partial charge in [0, 0.05) is 6.54 Å². The maximum atomic E-state index is 10.3. The Bertz CT molecular complexity index is 205. The molecule has 5 N–H and O–H groups in total. The second-order valence-electron chi connectivity index (χ2n) is 4.07. The van der Waals surface area contributed by atoms with Crippen LogP contribution in [-0.4, -0.2) is 18.5 Å². The first kappa shape index (κ1) is 11.7. The zero-order chi connectivity index (χ0) is 10.5. The van der Waals surface area contributed by atoms with Crippen molar-refractivity contribution in [2.24, 2.45) is 21.9 Å². The first-order chi connectivity index (χ1) is 5.81. The minimum atomic E-state index is -0.683. The predicted octanol–water partition coefficient (Wildman–Crippen LogP) is 0.406. The lowest BCUT2D eigenvalue weighted by molar-refractivity contribution is 0.253. The molecule has 0 radical (unpaired) electrons. The molecule has 0 aromatic heterocycles. The standard InChI is InChI=1S/C8H18N4O/c1-8(2,3)4-5-11-6(9)12-7(10)13/h4-5H2,1-3H3,(H5,9,10,11,12,13). The first-order valence-electron chi connectivity index (χ1n) is 4.17. The van der Waals surface area contributed by atoms with Gasteiger partial charge in [-0.25, -0.2) is 4.79 Å². The fraction of sp³-hybridized carbons (Fsp3) is 0.750. The maximum absolute atomic E-state index is 10.3. The lowest BCUT2D eigenvalue weighted by atomic mass is 9.93. The van der Waals surface area contributed by atoms with E-state index in [9.17, 15) is 4.79 Å². The first-order valence-corrected chi connectivity index (χ1v) is 4.17. The zero-order valence-electron chi connectivity index (χ0n) is 8.42. The molecule has 0 bridgehead atoms. The molecule has 0 heterocycles. The summed E-state index contributed by atoms with van der Waals surface area (Å²) < 4.78 is 0. The van der Waals surface area contributed by atoms with Gasteiger partial charge in [-0.05, 0) is 11.8 Å². The highest BCUT2D eigenvalue weighted by Gasteiger charge is 2.08. The van der Waals surface area contributed by atoms with Gasteiger partial charge >= 0.3 is 6.03 Å². The molecule has 0 aromatic carbocycles. The molecule has 0 spiro atoms. The number of primary amides is 1. The molecule has 0 aromatic rings. The van der Waals surface area contributed by atoms with Crippen molar-refractivity contribution in [3.05, 3.63) is 0 Å². The summed E-state index contributed by atoms with van der Waals surface area (Å²) >= 11 is 0. The van der Waals surface area contributed by atoms with Crippen molar-refractivity contribution in [3.63, 3.8) is 0 Å². The molecule has 0 atom stereocenters. The van der Waals surface area contributed by atoms with E-state index in [0.29, 0.717) is 6.54 Å². The molecular formula is C8H18N4O. The summed E-state index contributed by atoms with van der Waals surface area (Å²) in [6.45, 7) is 6.93. The molecule has 0 aliphatic carbocycles. The van der Waals surface area contributed by atoms with Gasteiger partial charge < -0.3 is 11.5 Å². The number of carbonyl (C=O) groups is 1. The van der Waals surface area contributed by atoms with Crippen molar-refractivity contribution in [1.29, 1.82) is 0 Å². The van der Waals surface area contributed by atoms with Crippen LogP contribution in [0.4, 0.5) is 4.79 Å². The molecule has 0 unspecified atom stereocenters. The molecule has 0 fully saturated rings. The smallest absolute Gasteiger partial charge is 0.318 e. The van der Waals surface area contributed by atoms with Gasteiger partial charge in [0.25, 0.3) is 0 Å². The second kappa shape index (κ2) is 4.69. The summed E-state index contributed by atoms with van der Waals surface area (Å²) in [7, 11) is 0. The molecule has 0 aliphatic heterocycles. The molecule has 5 heteroatoms. The van der Waals surface area contributed by atoms with Crippen LogP contribution in [0, 0.1) is 5.41 Å². The van der Waals surface area contributed by atoms with E-state index in [0.717, 1.165) is 6.42 Å². The van der Waals surface area contributed by atoms with Gasteiger partial charge in [0.15, 0.2) is 5.96 Å². The van der Waals surface area contributed by atoms with Crippen molar-refractivity contribution < 1.29 is 4.79 Å². The van der Waals surface area contributed by atoms with Crippen molar-refractivity contribution in [1.82, 2.24) is 5.32 Å². The van der Waals surface area contributed by atoms with Crippen molar-refractivity contribution in [2.75, 3.05) is 6.54 Å². The van der Waals surface area contributed by atoms with Gasteiger partial charge in [-0.2, -0.15) is 0 Å². The molecule has 0 saturated heterocycles. The number of amides is 2. The molecule has 5 nitrogen and oxygen atoms in total. The average molecular weight is 186 g/mol. The van der Waals surface area contributed by atoms with Crippen LogP contribution in [-0.2, 0) is 0 Å². The molecule has 0 aliphatic rings. The molecule has 0 rings (SSSR count). The highest BCUT2D eigenvalue weighted by Crippen LogP contribution is 2.17. The minimum absolute atomic E-state index is 0.0803. The zero-order valence-corrected chi connectivity index (χ0v) is 8.42. The van der Waals surface area contributed by atoms with E-state index < -0.39 is 6.03 Å². The fourth-order valence-corrected chi connectivity index (χ4v) is 0.678. The number of guanidine groups is 1. The summed E-state index contributed by atoms with van der Waals surface area (Å²) in [5.74, 6) is 0.0803. The highest BCUT2D eigenvalue weighted by molar-refractivity contribution is 5.94. The van der Waals surface area contributed by atoms with E-state index in [1.807, 2.05) is 0 Å². The number of hydrogen-bond acceptors (Lipinski definition) is 2. The number of aliphatic imine (C=N–C) groups is 1. The van der Waals surface area contributed by atoms with Crippen LogP contribution in [0.1, 0.15) is 27.2 Å². The maximum Gasteiger partial charge on any atom is 0.318 e. The Kier molecular flexibility index (Phi) is 4.23.